The number of amides is 1. The number of unbranched alkanes of at least 4 members (excludes halogenated alkanes) is 27. The monoisotopic (exact) mass is 678 g/mol. The Bertz CT molecular complexity index is 752. The highest BCUT2D eigenvalue weighted by Gasteiger charge is 2.12. The van der Waals surface area contributed by atoms with Crippen LogP contribution in [0.25, 0.3) is 0 Å². The SMILES string of the molecule is CCCCCCC/C=C\C(CCCCCCC(=O)NCC(=O)O)OC(=O)CCCCCCCCCCCCCCCCCCCCCC. The van der Waals surface area contributed by atoms with Crippen molar-refractivity contribution in [3.63, 3.8) is 0 Å². The third-order valence-electron chi connectivity index (χ3n) is 9.42. The number of allylic oxidation sites excluding steroid dienone is 1. The number of hydrogen-bond donors (Lipinski definition) is 2. The second kappa shape index (κ2) is 38.0. The second-order valence-electron chi connectivity index (χ2n) is 14.3. The summed E-state index contributed by atoms with van der Waals surface area (Å²) >= 11 is 0. The Kier molecular flexibility index (Phi) is 36.5. The first kappa shape index (κ1) is 46.1. The van der Waals surface area contributed by atoms with Crippen LogP contribution in [0.5, 0.6) is 0 Å². The zero-order chi connectivity index (χ0) is 35.2. The summed E-state index contributed by atoms with van der Waals surface area (Å²) < 4.78 is 5.89. The van der Waals surface area contributed by atoms with E-state index in [1.807, 2.05) is 0 Å². The maximum atomic E-state index is 12.6. The molecule has 0 rings (SSSR count). The quantitative estimate of drug-likeness (QED) is 0.0385. The largest absolute Gasteiger partial charge is 0.480 e. The second-order valence-corrected chi connectivity index (χ2v) is 14.3. The topological polar surface area (TPSA) is 92.7 Å². The number of hydrogen-bond acceptors (Lipinski definition) is 4. The number of carbonyl (C=O) groups excluding carboxylic acids is 2. The van der Waals surface area contributed by atoms with Crippen LogP contribution in [0.3, 0.4) is 0 Å². The molecule has 0 aliphatic rings. The van der Waals surface area contributed by atoms with Gasteiger partial charge in [-0.3, -0.25) is 14.4 Å². The molecule has 0 saturated heterocycles. The first-order valence-electron chi connectivity index (χ1n) is 20.8. The average Bonchev–Trinajstić information content (AvgIpc) is 3.07. The first-order chi connectivity index (χ1) is 23.5. The van der Waals surface area contributed by atoms with Crippen molar-refractivity contribution in [2.75, 3.05) is 6.54 Å². The van der Waals surface area contributed by atoms with Crippen LogP contribution in [0.1, 0.15) is 226 Å². The van der Waals surface area contributed by atoms with Gasteiger partial charge in [0.15, 0.2) is 0 Å². The van der Waals surface area contributed by atoms with Crippen LogP contribution >= 0.6 is 0 Å². The fourth-order valence-corrected chi connectivity index (χ4v) is 6.31. The van der Waals surface area contributed by atoms with Crippen LogP contribution in [-0.4, -0.2) is 35.6 Å². The van der Waals surface area contributed by atoms with Crippen LogP contribution < -0.4 is 5.32 Å². The zero-order valence-electron chi connectivity index (χ0n) is 31.9. The number of aliphatic carboxylic acids is 1. The van der Waals surface area contributed by atoms with Gasteiger partial charge < -0.3 is 15.2 Å². The highest BCUT2D eigenvalue weighted by atomic mass is 16.5. The molecule has 48 heavy (non-hydrogen) atoms. The van der Waals surface area contributed by atoms with E-state index >= 15 is 0 Å². The lowest BCUT2D eigenvalue weighted by Crippen LogP contribution is -2.28. The summed E-state index contributed by atoms with van der Waals surface area (Å²) in [4.78, 5) is 34.9. The lowest BCUT2D eigenvalue weighted by atomic mass is 10.0. The maximum absolute atomic E-state index is 12.6. The number of rotatable bonds is 38. The van der Waals surface area contributed by atoms with Crippen LogP contribution in [0.15, 0.2) is 12.2 Å². The molecule has 0 aromatic heterocycles. The van der Waals surface area contributed by atoms with E-state index in [0.29, 0.717) is 12.8 Å². The molecule has 0 aromatic carbocycles. The standard InChI is InChI=1S/C42H79NO5/c1-3-5-7-9-11-12-13-14-15-16-17-18-19-20-21-22-23-25-27-33-37-42(47)48-39(34-30-26-24-10-8-6-4-2)35-31-28-29-32-36-40(44)43-38-41(45)46/h30,34,39H,3-29,31-33,35-38H2,1-2H3,(H,43,44)(H,45,46)/b34-30-. The normalized spacial score (nSPS) is 12.0. The van der Waals surface area contributed by atoms with Crippen molar-refractivity contribution >= 4 is 17.8 Å². The zero-order valence-corrected chi connectivity index (χ0v) is 31.9. The van der Waals surface area contributed by atoms with Crippen molar-refractivity contribution in [3.05, 3.63) is 12.2 Å². The number of ether oxygens (including phenoxy) is 1. The van der Waals surface area contributed by atoms with Crippen LogP contribution in [-0.2, 0) is 19.1 Å². The maximum Gasteiger partial charge on any atom is 0.322 e. The van der Waals surface area contributed by atoms with Gasteiger partial charge in [0.25, 0.3) is 0 Å². The summed E-state index contributed by atoms with van der Waals surface area (Å²) in [6, 6.07) is 0. The van der Waals surface area contributed by atoms with E-state index in [1.165, 1.54) is 148 Å². The minimum Gasteiger partial charge on any atom is -0.480 e. The molecule has 1 unspecified atom stereocenters. The summed E-state index contributed by atoms with van der Waals surface area (Å²) in [6.07, 6.45) is 43.6. The van der Waals surface area contributed by atoms with Crippen molar-refractivity contribution in [2.24, 2.45) is 0 Å². The predicted molar refractivity (Wildman–Crippen MR) is 203 cm³/mol. The lowest BCUT2D eigenvalue weighted by Gasteiger charge is -2.15. The Labute approximate surface area is 297 Å². The Balaban J connectivity index is 3.92. The van der Waals surface area contributed by atoms with Crippen LogP contribution in [0.2, 0.25) is 0 Å². The molecule has 1 amide bonds. The van der Waals surface area contributed by atoms with Gasteiger partial charge >= 0.3 is 11.9 Å². The molecule has 0 spiro atoms. The van der Waals surface area contributed by atoms with Gasteiger partial charge in [-0.1, -0.05) is 180 Å². The van der Waals surface area contributed by atoms with Gasteiger partial charge in [-0.25, -0.2) is 0 Å². The van der Waals surface area contributed by atoms with E-state index in [4.69, 9.17) is 9.84 Å². The van der Waals surface area contributed by atoms with E-state index in [1.54, 1.807) is 0 Å². The van der Waals surface area contributed by atoms with Crippen molar-refractivity contribution in [3.8, 4) is 0 Å². The van der Waals surface area contributed by atoms with E-state index in [9.17, 15) is 14.4 Å². The first-order valence-corrected chi connectivity index (χ1v) is 20.8. The molecule has 0 aliphatic carbocycles. The third kappa shape index (κ3) is 37.0. The molecule has 0 aromatic rings. The fourth-order valence-electron chi connectivity index (χ4n) is 6.31. The number of carbonyl (C=O) groups is 3. The van der Waals surface area contributed by atoms with Gasteiger partial charge in [-0.2, -0.15) is 0 Å². The Morgan fingerprint density at radius 1 is 0.542 bits per heavy atom. The predicted octanol–water partition coefficient (Wildman–Crippen LogP) is 12.6. The van der Waals surface area contributed by atoms with E-state index in [2.05, 4.69) is 31.3 Å². The molecule has 0 bridgehead atoms. The van der Waals surface area contributed by atoms with Gasteiger partial charge in [0.1, 0.15) is 12.6 Å². The molecule has 2 N–H and O–H groups in total. The molecule has 6 nitrogen and oxygen atoms in total. The fraction of sp³-hybridized carbons (Fsp3) is 0.881. The molecule has 0 aliphatic heterocycles. The van der Waals surface area contributed by atoms with Crippen molar-refractivity contribution in [2.45, 2.75) is 232 Å². The number of esters is 1. The summed E-state index contributed by atoms with van der Waals surface area (Å²) in [5.74, 6) is -1.32. The van der Waals surface area contributed by atoms with Gasteiger partial charge in [0.05, 0.1) is 0 Å². The van der Waals surface area contributed by atoms with Gasteiger partial charge in [-0.15, -0.1) is 0 Å². The Morgan fingerprint density at radius 3 is 1.40 bits per heavy atom. The molecule has 0 radical (unpaired) electrons. The Hall–Kier alpha value is -1.85. The van der Waals surface area contributed by atoms with Crippen LogP contribution in [0.4, 0.5) is 0 Å². The summed E-state index contributed by atoms with van der Waals surface area (Å²) in [5.41, 5.74) is 0. The molecular formula is C42H79NO5. The van der Waals surface area contributed by atoms with Gasteiger partial charge in [0.2, 0.25) is 5.91 Å². The lowest BCUT2D eigenvalue weighted by molar-refractivity contribution is -0.147. The molecule has 0 heterocycles. The molecule has 0 saturated carbocycles. The van der Waals surface area contributed by atoms with Crippen molar-refractivity contribution in [1.82, 2.24) is 5.32 Å². The minimum atomic E-state index is -1.02. The smallest absolute Gasteiger partial charge is 0.322 e. The van der Waals surface area contributed by atoms with Gasteiger partial charge in [0, 0.05) is 12.8 Å². The minimum absolute atomic E-state index is 0.0786. The van der Waals surface area contributed by atoms with Crippen LogP contribution in [0, 0.1) is 0 Å². The third-order valence-corrected chi connectivity index (χ3v) is 9.42. The molecule has 6 heteroatoms. The van der Waals surface area contributed by atoms with E-state index < -0.39 is 5.97 Å². The molecular weight excluding hydrogens is 598 g/mol. The molecule has 282 valence electrons. The summed E-state index contributed by atoms with van der Waals surface area (Å²) in [6.45, 7) is 4.19. The number of carboxylic acid groups (broad SMARTS) is 1. The summed E-state index contributed by atoms with van der Waals surface area (Å²) in [5, 5.41) is 11.1. The van der Waals surface area contributed by atoms with E-state index in [-0.39, 0.29) is 24.5 Å². The summed E-state index contributed by atoms with van der Waals surface area (Å²) in [7, 11) is 0. The van der Waals surface area contributed by atoms with Crippen molar-refractivity contribution in [1.29, 1.82) is 0 Å². The van der Waals surface area contributed by atoms with Crippen molar-refractivity contribution < 1.29 is 24.2 Å². The highest BCUT2D eigenvalue weighted by Crippen LogP contribution is 2.17. The van der Waals surface area contributed by atoms with Gasteiger partial charge in [-0.05, 0) is 44.6 Å². The number of carboxylic acids is 1. The Morgan fingerprint density at radius 2 is 0.938 bits per heavy atom. The average molecular weight is 678 g/mol. The molecule has 0 fully saturated rings. The van der Waals surface area contributed by atoms with E-state index in [0.717, 1.165) is 51.4 Å². The highest BCUT2D eigenvalue weighted by molar-refractivity contribution is 5.80. The molecule has 1 atom stereocenters. The number of nitrogens with one attached hydrogen (secondary N) is 1.